The van der Waals surface area contributed by atoms with Crippen molar-refractivity contribution in [3.8, 4) is 23.8 Å². The fourth-order valence-electron chi connectivity index (χ4n) is 3.08. The van der Waals surface area contributed by atoms with Crippen molar-refractivity contribution in [3.05, 3.63) is 61.0 Å². The maximum atomic E-state index is 13.2. The van der Waals surface area contributed by atoms with E-state index in [9.17, 15) is 4.79 Å². The predicted molar refractivity (Wildman–Crippen MR) is 135 cm³/mol. The molecule has 3 rings (SSSR count). The van der Waals surface area contributed by atoms with Gasteiger partial charge in [0.2, 0.25) is 0 Å². The second-order valence-electron chi connectivity index (χ2n) is 6.90. The largest absolute Gasteiger partial charge is 0.490 e. The number of terminal acetylenes is 1. The van der Waals surface area contributed by atoms with Crippen LogP contribution in [0.15, 0.2) is 49.2 Å². The van der Waals surface area contributed by atoms with Crippen LogP contribution in [0.4, 0.5) is 0 Å². The summed E-state index contributed by atoms with van der Waals surface area (Å²) in [4.78, 5) is 17.9. The van der Waals surface area contributed by atoms with Crippen molar-refractivity contribution in [1.29, 1.82) is 0 Å². The number of hydrogen-bond acceptors (Lipinski definition) is 5. The van der Waals surface area contributed by atoms with Gasteiger partial charge in [0.15, 0.2) is 11.5 Å². The number of halogens is 2. The van der Waals surface area contributed by atoms with Crippen LogP contribution >= 0.6 is 31.9 Å². The van der Waals surface area contributed by atoms with Gasteiger partial charge in [0.1, 0.15) is 12.4 Å². The molecule has 1 aromatic heterocycles. The first-order valence-corrected chi connectivity index (χ1v) is 11.8. The fourth-order valence-corrected chi connectivity index (χ4v) is 3.87. The Balaban J connectivity index is 2.08. The maximum absolute atomic E-state index is 13.2. The summed E-state index contributed by atoms with van der Waals surface area (Å²) >= 11 is 6.96. The average Bonchev–Trinajstić information content (AvgIpc) is 2.78. The number of aromatic nitrogens is 2. The molecule has 0 unspecified atom stereocenters. The molecule has 0 amide bonds. The molecule has 32 heavy (non-hydrogen) atoms. The van der Waals surface area contributed by atoms with Gasteiger partial charge in [-0.15, -0.1) is 6.42 Å². The van der Waals surface area contributed by atoms with Crippen molar-refractivity contribution < 1.29 is 9.47 Å². The molecule has 0 radical (unpaired) electrons. The van der Waals surface area contributed by atoms with E-state index in [1.165, 1.54) is 4.68 Å². The minimum absolute atomic E-state index is 0.133. The Morgan fingerprint density at radius 1 is 1.19 bits per heavy atom. The Labute approximate surface area is 203 Å². The van der Waals surface area contributed by atoms with Gasteiger partial charge in [0.25, 0.3) is 5.56 Å². The highest BCUT2D eigenvalue weighted by Crippen LogP contribution is 2.33. The number of rotatable bonds is 9. The van der Waals surface area contributed by atoms with E-state index in [4.69, 9.17) is 20.9 Å². The first kappa shape index (κ1) is 24.0. The molecule has 0 spiro atoms. The molecule has 0 N–H and O–H groups in total. The molecular weight excluding hydrogens is 538 g/mol. The lowest BCUT2D eigenvalue weighted by molar-refractivity contribution is 0.299. The van der Waals surface area contributed by atoms with Gasteiger partial charge in [-0.25, -0.2) is 4.98 Å². The van der Waals surface area contributed by atoms with Gasteiger partial charge in [-0.3, -0.25) is 4.79 Å². The van der Waals surface area contributed by atoms with E-state index in [-0.39, 0.29) is 12.2 Å². The van der Waals surface area contributed by atoms with E-state index in [0.29, 0.717) is 41.3 Å². The number of nitrogens with zero attached hydrogens (tertiary/aromatic N) is 3. The fraction of sp³-hybridized carbons (Fsp3) is 0.292. The van der Waals surface area contributed by atoms with Crippen LogP contribution in [0.25, 0.3) is 10.9 Å². The van der Waals surface area contributed by atoms with Crippen LogP contribution in [0, 0.1) is 12.3 Å². The lowest BCUT2D eigenvalue weighted by Crippen LogP contribution is -2.22. The van der Waals surface area contributed by atoms with Gasteiger partial charge in [-0.2, -0.15) is 9.78 Å². The molecule has 2 aromatic carbocycles. The molecule has 0 saturated heterocycles. The molecule has 0 aliphatic carbocycles. The third kappa shape index (κ3) is 5.59. The molecule has 6 nitrogen and oxygen atoms in total. The molecule has 1 heterocycles. The van der Waals surface area contributed by atoms with E-state index in [2.05, 4.69) is 49.8 Å². The van der Waals surface area contributed by atoms with Crippen LogP contribution in [-0.2, 0) is 6.42 Å². The van der Waals surface area contributed by atoms with Crippen molar-refractivity contribution in [1.82, 2.24) is 9.66 Å². The summed E-state index contributed by atoms with van der Waals surface area (Å²) in [6, 6.07) is 9.05. The topological polar surface area (TPSA) is 65.7 Å². The van der Waals surface area contributed by atoms with Crippen molar-refractivity contribution in [3.63, 3.8) is 0 Å². The lowest BCUT2D eigenvalue weighted by Gasteiger charge is -2.13. The summed E-state index contributed by atoms with van der Waals surface area (Å²) < 4.78 is 14.2. The highest BCUT2D eigenvalue weighted by Gasteiger charge is 2.13. The Morgan fingerprint density at radius 3 is 2.69 bits per heavy atom. The molecule has 0 aliphatic rings. The smallest absolute Gasteiger partial charge is 0.282 e. The Kier molecular flexibility index (Phi) is 8.48. The van der Waals surface area contributed by atoms with Crippen LogP contribution < -0.4 is 15.0 Å². The van der Waals surface area contributed by atoms with E-state index in [1.54, 1.807) is 24.4 Å². The highest BCUT2D eigenvalue weighted by molar-refractivity contribution is 9.10. The standard InChI is InChI=1S/C24H23Br2N3O3/c1-4-7-8-23-28-20-10-9-17(25)13-18(20)24(30)29(23)27-15-16-12-21(31-6-3)22(14-19(16)26)32-11-5-2/h2,9-10,12-15H,4,6-8,11H2,1,3H3. The van der Waals surface area contributed by atoms with Gasteiger partial charge in [-0.1, -0.05) is 35.2 Å². The number of ether oxygens (including phenoxy) is 2. The zero-order valence-corrected chi connectivity index (χ0v) is 21.1. The minimum atomic E-state index is -0.214. The molecule has 0 bridgehead atoms. The Hall–Kier alpha value is -2.63. The van der Waals surface area contributed by atoms with E-state index < -0.39 is 0 Å². The van der Waals surface area contributed by atoms with Crippen LogP contribution in [0.2, 0.25) is 0 Å². The number of benzene rings is 2. The Bertz CT molecular complexity index is 1250. The van der Waals surface area contributed by atoms with Crippen LogP contribution in [0.1, 0.15) is 38.1 Å². The molecule has 0 atom stereocenters. The lowest BCUT2D eigenvalue weighted by atomic mass is 10.2. The molecule has 8 heteroatoms. The summed E-state index contributed by atoms with van der Waals surface area (Å²) in [7, 11) is 0. The number of hydrogen-bond donors (Lipinski definition) is 0. The summed E-state index contributed by atoms with van der Waals surface area (Å²) in [5.41, 5.74) is 1.17. The molecule has 3 aromatic rings. The van der Waals surface area contributed by atoms with E-state index in [0.717, 1.165) is 27.4 Å². The average molecular weight is 561 g/mol. The second-order valence-corrected chi connectivity index (χ2v) is 8.67. The highest BCUT2D eigenvalue weighted by atomic mass is 79.9. The molecular formula is C24H23Br2N3O3. The summed E-state index contributed by atoms with van der Waals surface area (Å²) in [5.74, 6) is 4.15. The van der Waals surface area contributed by atoms with Crippen molar-refractivity contribution in [2.24, 2.45) is 5.10 Å². The zero-order valence-electron chi connectivity index (χ0n) is 17.9. The zero-order chi connectivity index (χ0) is 23.1. The molecule has 166 valence electrons. The maximum Gasteiger partial charge on any atom is 0.282 e. The molecule has 0 aliphatic heterocycles. The van der Waals surface area contributed by atoms with Crippen LogP contribution in [0.3, 0.4) is 0 Å². The summed E-state index contributed by atoms with van der Waals surface area (Å²) in [6.45, 7) is 4.59. The van der Waals surface area contributed by atoms with Gasteiger partial charge in [0, 0.05) is 20.9 Å². The predicted octanol–water partition coefficient (Wildman–Crippen LogP) is 5.56. The summed E-state index contributed by atoms with van der Waals surface area (Å²) in [5, 5.41) is 5.01. The Morgan fingerprint density at radius 2 is 1.97 bits per heavy atom. The third-order valence-corrected chi connectivity index (χ3v) is 5.80. The van der Waals surface area contributed by atoms with E-state index >= 15 is 0 Å². The monoisotopic (exact) mass is 559 g/mol. The van der Waals surface area contributed by atoms with Gasteiger partial charge in [0.05, 0.1) is 23.7 Å². The van der Waals surface area contributed by atoms with Crippen LogP contribution in [0.5, 0.6) is 11.5 Å². The number of fused-ring (bicyclic) bond motifs is 1. The van der Waals surface area contributed by atoms with Gasteiger partial charge in [-0.05, 0) is 59.6 Å². The normalized spacial score (nSPS) is 11.1. The second kappa shape index (κ2) is 11.3. The van der Waals surface area contributed by atoms with Crippen molar-refractivity contribution in [2.45, 2.75) is 33.1 Å². The molecule has 0 saturated carbocycles. The van der Waals surface area contributed by atoms with Crippen LogP contribution in [-0.4, -0.2) is 29.1 Å². The first-order chi connectivity index (χ1) is 15.5. The molecule has 0 fully saturated rings. The van der Waals surface area contributed by atoms with Gasteiger partial charge < -0.3 is 9.47 Å². The minimum Gasteiger partial charge on any atom is -0.490 e. The first-order valence-electron chi connectivity index (χ1n) is 10.3. The quantitative estimate of drug-likeness (QED) is 0.254. The van der Waals surface area contributed by atoms with E-state index in [1.807, 2.05) is 19.1 Å². The summed E-state index contributed by atoms with van der Waals surface area (Å²) in [6.07, 6.45) is 9.46. The van der Waals surface area contributed by atoms with Gasteiger partial charge >= 0.3 is 0 Å². The number of unbranched alkanes of at least 4 members (excludes halogenated alkanes) is 1. The third-order valence-electron chi connectivity index (χ3n) is 4.62. The van der Waals surface area contributed by atoms with Crippen molar-refractivity contribution >= 4 is 49.0 Å². The SMILES string of the molecule is C#CCOc1cc(Br)c(C=Nn2c(CCCC)nc3ccc(Br)cc3c2=O)cc1OCC. The van der Waals surface area contributed by atoms with Crippen molar-refractivity contribution in [2.75, 3.05) is 13.2 Å². The number of aryl methyl sites for hydroxylation is 1.